The van der Waals surface area contributed by atoms with E-state index in [1.165, 1.54) is 0 Å². The smallest absolute Gasteiger partial charge is 0.330 e. The monoisotopic (exact) mass is 683 g/mol. The Morgan fingerprint density at radius 2 is 1.57 bits per heavy atom. The van der Waals surface area contributed by atoms with Crippen LogP contribution in [-0.4, -0.2) is 78.1 Å². The molecule has 2 amide bonds. The molecule has 258 valence electrons. The van der Waals surface area contributed by atoms with Gasteiger partial charge in [-0.2, -0.15) is 15.0 Å². The molecule has 0 radical (unpaired) electrons. The number of rotatable bonds is 10. The van der Waals surface area contributed by atoms with E-state index in [0.29, 0.717) is 16.5 Å². The number of carbonyl (C=O) groups is 3. The molecule has 5 atom stereocenters. The average molecular weight is 684 g/mol. The fourth-order valence-corrected chi connectivity index (χ4v) is 7.39. The highest BCUT2D eigenvalue weighted by Gasteiger charge is 2.61. The Kier molecular flexibility index (Phi) is 9.61. The molecule has 2 saturated carbocycles. The summed E-state index contributed by atoms with van der Waals surface area (Å²) in [5.74, 6) is -2.34. The van der Waals surface area contributed by atoms with Crippen LogP contribution < -0.4 is 16.0 Å². The van der Waals surface area contributed by atoms with Gasteiger partial charge >= 0.3 is 5.97 Å². The number of carboxylic acid groups (broad SMARTS) is 1. The van der Waals surface area contributed by atoms with Gasteiger partial charge in [-0.3, -0.25) is 9.59 Å². The lowest BCUT2D eigenvalue weighted by atomic mass is 9.85. The minimum absolute atomic E-state index is 0.149. The molecule has 4 N–H and O–H groups in total. The Balaban J connectivity index is 1.34. The summed E-state index contributed by atoms with van der Waals surface area (Å²) in [6.45, 7) is 9.76. The normalized spacial score (nSPS) is 24.2. The fraction of sp³-hybridized carbons (Fsp3) is 0.459. The fourth-order valence-electron chi connectivity index (χ4n) is 7.10. The minimum atomic E-state index is -1.44. The van der Waals surface area contributed by atoms with E-state index in [2.05, 4.69) is 22.5 Å². The maximum atomic E-state index is 14.6. The van der Waals surface area contributed by atoms with Crippen molar-refractivity contribution >= 4 is 35.1 Å². The van der Waals surface area contributed by atoms with Crippen molar-refractivity contribution in [2.45, 2.75) is 89.0 Å². The van der Waals surface area contributed by atoms with E-state index in [-0.39, 0.29) is 31.3 Å². The summed E-state index contributed by atoms with van der Waals surface area (Å²) in [5.41, 5.74) is 1.14. The van der Waals surface area contributed by atoms with Crippen LogP contribution in [0.15, 0.2) is 73.3 Å². The third-order valence-electron chi connectivity index (χ3n) is 10.0. The average Bonchev–Trinajstić information content (AvgIpc) is 3.50. The van der Waals surface area contributed by atoms with Crippen LogP contribution in [0.1, 0.15) is 65.3 Å². The number of amides is 2. The third-order valence-corrected chi connectivity index (χ3v) is 10.3. The number of carbonyl (C=O) groups excluding carboxylic acids is 2. The number of aromatic nitrogens is 3. The van der Waals surface area contributed by atoms with Crippen LogP contribution in [0.3, 0.4) is 0 Å². The second-order valence-corrected chi connectivity index (χ2v) is 15.0. The molecule has 1 saturated heterocycles. The number of hydrogen-bond donors (Lipinski definition) is 4. The van der Waals surface area contributed by atoms with Crippen molar-refractivity contribution in [3.63, 3.8) is 0 Å². The van der Waals surface area contributed by atoms with E-state index in [1.807, 2.05) is 81.4 Å². The molecule has 0 spiro atoms. The zero-order chi connectivity index (χ0) is 34.9. The molecule has 12 heteroatoms. The maximum Gasteiger partial charge on any atom is 0.330 e. The molecule has 1 aromatic heterocycles. The van der Waals surface area contributed by atoms with Gasteiger partial charge in [0, 0.05) is 36.1 Å². The highest BCUT2D eigenvalue weighted by atomic mass is 32.1. The standard InChI is InChI=1S/C37H45N7O4S/c1-5-25-21-37(25,34(47)48)40-32(45)28-20-27(22-43(28)33(46)31(36(2,3)4)39-35(49)38-26-18-12-13-19-26)44-41-29(23-14-8-6-9-15-23)30(42-44)24-16-10-7-11-17-24/h5-11,14-17,25-28,31H,1,12-13,18-22H2,2-4H3,(H,40,45)(H,47,48)(H2,38,39,49). The van der Waals surface area contributed by atoms with E-state index < -0.39 is 46.9 Å². The molecule has 0 bridgehead atoms. The molecule has 3 aliphatic rings. The molecular weight excluding hydrogens is 639 g/mol. The van der Waals surface area contributed by atoms with E-state index in [1.54, 1.807) is 15.8 Å². The number of aliphatic carboxylic acids is 1. The number of benzene rings is 2. The Bertz CT molecular complexity index is 1660. The van der Waals surface area contributed by atoms with Gasteiger partial charge in [0.05, 0.1) is 6.04 Å². The lowest BCUT2D eigenvalue weighted by molar-refractivity contribution is -0.146. The van der Waals surface area contributed by atoms with Crippen LogP contribution >= 0.6 is 12.2 Å². The highest BCUT2D eigenvalue weighted by Crippen LogP contribution is 2.45. The molecule has 1 aliphatic heterocycles. The minimum Gasteiger partial charge on any atom is -0.479 e. The SMILES string of the molecule is C=CC1CC1(NC(=O)C1CC(n2nc(-c3ccccc3)c(-c3ccccc3)n2)CN1C(=O)C(NC(=S)NC1CCCC1)C(C)(C)C)C(=O)O. The Hall–Kier alpha value is -4.58. The van der Waals surface area contributed by atoms with Gasteiger partial charge in [0.1, 0.15) is 29.0 Å². The van der Waals surface area contributed by atoms with E-state index in [4.69, 9.17) is 22.4 Å². The van der Waals surface area contributed by atoms with Crippen molar-refractivity contribution in [1.29, 1.82) is 0 Å². The zero-order valence-electron chi connectivity index (χ0n) is 28.3. The van der Waals surface area contributed by atoms with Gasteiger partial charge in [-0.25, -0.2) is 4.79 Å². The summed E-state index contributed by atoms with van der Waals surface area (Å²) in [4.78, 5) is 44.2. The van der Waals surface area contributed by atoms with Gasteiger partial charge in [-0.15, -0.1) is 6.58 Å². The molecule has 2 aliphatic carbocycles. The van der Waals surface area contributed by atoms with Gasteiger partial charge in [0.2, 0.25) is 11.8 Å². The topological polar surface area (TPSA) is 141 Å². The number of thiocarbonyl (C=S) groups is 1. The largest absolute Gasteiger partial charge is 0.479 e. The number of hydrogen-bond acceptors (Lipinski definition) is 6. The lowest BCUT2D eigenvalue weighted by Gasteiger charge is -2.36. The second kappa shape index (κ2) is 13.7. The van der Waals surface area contributed by atoms with Gasteiger partial charge in [-0.05, 0) is 36.9 Å². The first-order valence-corrected chi connectivity index (χ1v) is 17.4. The van der Waals surface area contributed by atoms with E-state index in [9.17, 15) is 19.5 Å². The number of likely N-dealkylation sites (tertiary alicyclic amines) is 1. The Morgan fingerprint density at radius 1 is 1.00 bits per heavy atom. The molecule has 11 nitrogen and oxygen atoms in total. The van der Waals surface area contributed by atoms with Gasteiger partial charge < -0.3 is 26.0 Å². The van der Waals surface area contributed by atoms with Gasteiger partial charge in [0.15, 0.2) is 5.11 Å². The Morgan fingerprint density at radius 3 is 2.06 bits per heavy atom. The van der Waals surface area contributed by atoms with Crippen molar-refractivity contribution < 1.29 is 19.5 Å². The molecule has 3 aromatic rings. The second-order valence-electron chi connectivity index (χ2n) is 14.6. The van der Waals surface area contributed by atoms with Crippen molar-refractivity contribution in [3.8, 4) is 22.5 Å². The molecule has 2 heterocycles. The predicted molar refractivity (Wildman–Crippen MR) is 191 cm³/mol. The number of carboxylic acids is 1. The van der Waals surface area contributed by atoms with E-state index in [0.717, 1.165) is 36.8 Å². The molecular formula is C37H45N7O4S. The zero-order valence-corrected chi connectivity index (χ0v) is 29.1. The van der Waals surface area contributed by atoms with Crippen molar-refractivity contribution in [1.82, 2.24) is 35.8 Å². The first kappa shape index (κ1) is 34.3. The van der Waals surface area contributed by atoms with Crippen LogP contribution in [0, 0.1) is 11.3 Å². The van der Waals surface area contributed by atoms with Crippen molar-refractivity contribution in [3.05, 3.63) is 73.3 Å². The summed E-state index contributed by atoms with van der Waals surface area (Å²) >= 11 is 5.68. The molecule has 6 rings (SSSR count). The Labute approximate surface area is 292 Å². The summed E-state index contributed by atoms with van der Waals surface area (Å²) in [5, 5.41) is 29.8. The molecule has 2 aromatic carbocycles. The van der Waals surface area contributed by atoms with Crippen LogP contribution in [0.5, 0.6) is 0 Å². The number of nitrogens with one attached hydrogen (secondary N) is 3. The van der Waals surface area contributed by atoms with E-state index >= 15 is 0 Å². The van der Waals surface area contributed by atoms with Crippen LogP contribution in [0.4, 0.5) is 0 Å². The quantitative estimate of drug-likeness (QED) is 0.177. The summed E-state index contributed by atoms with van der Waals surface area (Å²) in [6.07, 6.45) is 6.32. The highest BCUT2D eigenvalue weighted by molar-refractivity contribution is 7.80. The molecule has 3 fully saturated rings. The van der Waals surface area contributed by atoms with Crippen molar-refractivity contribution in [2.24, 2.45) is 11.3 Å². The van der Waals surface area contributed by atoms with Crippen LogP contribution in [0.2, 0.25) is 0 Å². The first-order valence-electron chi connectivity index (χ1n) is 17.0. The first-order chi connectivity index (χ1) is 23.4. The third kappa shape index (κ3) is 7.10. The van der Waals surface area contributed by atoms with Crippen molar-refractivity contribution in [2.75, 3.05) is 6.54 Å². The summed E-state index contributed by atoms with van der Waals surface area (Å²) < 4.78 is 0. The van der Waals surface area contributed by atoms with Gasteiger partial charge in [-0.1, -0.05) is 100 Å². The molecule has 49 heavy (non-hydrogen) atoms. The maximum absolute atomic E-state index is 14.6. The number of nitrogens with zero attached hydrogens (tertiary/aromatic N) is 4. The van der Waals surface area contributed by atoms with Gasteiger partial charge in [0.25, 0.3) is 0 Å². The summed E-state index contributed by atoms with van der Waals surface area (Å²) in [7, 11) is 0. The lowest BCUT2D eigenvalue weighted by Crippen LogP contribution is -2.60. The van der Waals surface area contributed by atoms with Crippen LogP contribution in [0.25, 0.3) is 22.5 Å². The predicted octanol–water partition coefficient (Wildman–Crippen LogP) is 4.72. The summed E-state index contributed by atoms with van der Waals surface area (Å²) in [6, 6.07) is 17.6. The molecule has 5 unspecified atom stereocenters. The van der Waals surface area contributed by atoms with Crippen LogP contribution in [-0.2, 0) is 14.4 Å².